The average Bonchev–Trinajstić information content (AvgIpc) is 2.88. The Morgan fingerprint density at radius 3 is 2.66 bits per heavy atom. The Morgan fingerprint density at radius 1 is 1.21 bits per heavy atom. The number of aliphatic hydroxyl groups is 1. The number of halogens is 2. The predicted molar refractivity (Wildman–Crippen MR) is 132 cm³/mol. The van der Waals surface area contributed by atoms with Crippen LogP contribution in [0.5, 0.6) is 0 Å². The van der Waals surface area contributed by atoms with Crippen LogP contribution in [0.2, 0.25) is 0 Å². The number of carbonyl (C=O) groups excluding carboxylic acids is 1. The molecule has 2 aromatic carbocycles. The first-order chi connectivity index (χ1) is 18.2. The smallest absolute Gasteiger partial charge is 0.356 e. The van der Waals surface area contributed by atoms with Crippen molar-refractivity contribution in [2.24, 2.45) is 0 Å². The molecule has 11 heteroatoms. The van der Waals surface area contributed by atoms with Crippen LogP contribution in [-0.4, -0.2) is 58.5 Å². The first kappa shape index (κ1) is 27.2. The summed E-state index contributed by atoms with van der Waals surface area (Å²) in [5.41, 5.74) is 0.225. The molecule has 1 amide bonds. The first-order valence-corrected chi connectivity index (χ1v) is 12.1. The monoisotopic (exact) mass is 529 g/mol. The fourth-order valence-electron chi connectivity index (χ4n) is 4.22. The van der Waals surface area contributed by atoms with Crippen LogP contribution in [0.1, 0.15) is 24.5 Å². The Kier molecular flexibility index (Phi) is 8.72. The van der Waals surface area contributed by atoms with Crippen LogP contribution in [0.15, 0.2) is 71.8 Å². The van der Waals surface area contributed by atoms with Gasteiger partial charge in [0.2, 0.25) is 0 Å². The summed E-state index contributed by atoms with van der Waals surface area (Å²) in [5, 5.41) is 26.9. The van der Waals surface area contributed by atoms with Crippen LogP contribution in [0.4, 0.5) is 8.78 Å². The van der Waals surface area contributed by atoms with E-state index in [1.54, 1.807) is 24.3 Å². The van der Waals surface area contributed by atoms with Gasteiger partial charge in [0.1, 0.15) is 30.6 Å². The largest absolute Gasteiger partial charge is 0.488 e. The van der Waals surface area contributed by atoms with Crippen molar-refractivity contribution in [3.63, 3.8) is 0 Å². The van der Waals surface area contributed by atoms with Crippen molar-refractivity contribution in [1.82, 2.24) is 15.5 Å². The molecule has 2 heterocycles. The molecule has 1 fully saturated rings. The fourth-order valence-corrected chi connectivity index (χ4v) is 4.22. The van der Waals surface area contributed by atoms with Gasteiger partial charge in [0.05, 0.1) is 18.7 Å². The van der Waals surface area contributed by atoms with E-state index in [1.165, 1.54) is 17.2 Å². The maximum Gasteiger partial charge on any atom is 0.356 e. The number of carboxylic acids is 1. The molecule has 2 aromatic rings. The lowest BCUT2D eigenvalue weighted by Gasteiger charge is -2.36. The molecule has 0 spiro atoms. The van der Waals surface area contributed by atoms with E-state index in [9.17, 15) is 28.6 Å². The molecule has 1 saturated heterocycles. The predicted octanol–water partition coefficient (Wildman–Crippen LogP) is 2.38. The van der Waals surface area contributed by atoms with Crippen molar-refractivity contribution < 1.29 is 38.1 Å². The third kappa shape index (κ3) is 6.55. The van der Waals surface area contributed by atoms with Crippen LogP contribution in [-0.2, 0) is 32.2 Å². The summed E-state index contributed by atoms with van der Waals surface area (Å²) in [6.07, 6.45) is -0.249. The molecule has 4 N–H and O–H groups in total. The van der Waals surface area contributed by atoms with Gasteiger partial charge in [0.15, 0.2) is 11.5 Å². The molecule has 0 aliphatic carbocycles. The van der Waals surface area contributed by atoms with E-state index in [0.29, 0.717) is 12.7 Å². The Morgan fingerprint density at radius 2 is 1.97 bits per heavy atom. The lowest BCUT2D eigenvalue weighted by Crippen LogP contribution is -2.51. The fraction of sp³-hybridized carbons (Fsp3) is 0.333. The van der Waals surface area contributed by atoms with Crippen molar-refractivity contribution in [3.05, 3.63) is 94.5 Å². The molecule has 0 bridgehead atoms. The number of hydrogen-bond acceptors (Lipinski definition) is 7. The van der Waals surface area contributed by atoms with Gasteiger partial charge in [0, 0.05) is 30.4 Å². The second-order valence-electron chi connectivity index (χ2n) is 9.07. The van der Waals surface area contributed by atoms with Crippen LogP contribution in [0, 0.1) is 11.6 Å². The minimum atomic E-state index is -1.71. The second kappa shape index (κ2) is 12.2. The van der Waals surface area contributed by atoms with E-state index in [4.69, 9.17) is 9.47 Å². The van der Waals surface area contributed by atoms with Gasteiger partial charge < -0.3 is 29.9 Å². The first-order valence-electron chi connectivity index (χ1n) is 12.1. The van der Waals surface area contributed by atoms with Crippen LogP contribution < -0.4 is 10.6 Å². The summed E-state index contributed by atoms with van der Waals surface area (Å²) in [6, 6.07) is 12.0. The molecule has 2 aliphatic heterocycles. The van der Waals surface area contributed by atoms with Gasteiger partial charge in [0.25, 0.3) is 5.91 Å². The third-order valence-electron chi connectivity index (χ3n) is 6.22. The summed E-state index contributed by atoms with van der Waals surface area (Å²) >= 11 is 0. The van der Waals surface area contributed by atoms with Crippen molar-refractivity contribution in [2.45, 2.75) is 44.9 Å². The zero-order valence-electron chi connectivity index (χ0n) is 20.7. The summed E-state index contributed by atoms with van der Waals surface area (Å²) in [6.45, 7) is 2.12. The maximum atomic E-state index is 14.1. The number of carbonyl (C=O) groups is 2. The highest BCUT2D eigenvalue weighted by Gasteiger charge is 2.38. The SMILES string of the molecule is C[C@H]1CCO[C@@H](CN2C=C(C(=O)NCc3ccc(F)cc3F)C(O)C(OCc3ccccc3)=C2C(=O)O)N1. The van der Waals surface area contributed by atoms with E-state index in [2.05, 4.69) is 10.6 Å². The number of ether oxygens (including phenoxy) is 2. The van der Waals surface area contributed by atoms with Gasteiger partial charge in [-0.15, -0.1) is 0 Å². The summed E-state index contributed by atoms with van der Waals surface area (Å²) in [4.78, 5) is 26.7. The van der Waals surface area contributed by atoms with E-state index in [-0.39, 0.29) is 48.3 Å². The minimum absolute atomic E-state index is 0.0141. The summed E-state index contributed by atoms with van der Waals surface area (Å²) < 4.78 is 38.8. The Balaban J connectivity index is 1.61. The van der Waals surface area contributed by atoms with E-state index in [1.807, 2.05) is 13.0 Å². The van der Waals surface area contributed by atoms with Crippen LogP contribution >= 0.6 is 0 Å². The van der Waals surface area contributed by atoms with E-state index in [0.717, 1.165) is 18.1 Å². The molecule has 202 valence electrons. The third-order valence-corrected chi connectivity index (χ3v) is 6.22. The summed E-state index contributed by atoms with van der Waals surface area (Å²) in [5.74, 6) is -4.04. The zero-order valence-corrected chi connectivity index (χ0v) is 20.7. The highest BCUT2D eigenvalue weighted by Crippen LogP contribution is 2.29. The van der Waals surface area contributed by atoms with Crippen LogP contribution in [0.3, 0.4) is 0 Å². The number of carboxylic acid groups (broad SMARTS) is 1. The molecule has 2 aliphatic rings. The molecule has 0 radical (unpaired) electrons. The molecule has 0 saturated carbocycles. The lowest BCUT2D eigenvalue weighted by molar-refractivity contribution is -0.135. The molecule has 38 heavy (non-hydrogen) atoms. The summed E-state index contributed by atoms with van der Waals surface area (Å²) in [7, 11) is 0. The molecular weight excluding hydrogens is 500 g/mol. The van der Waals surface area contributed by atoms with Gasteiger partial charge in [-0.1, -0.05) is 36.4 Å². The Hall–Kier alpha value is -3.80. The van der Waals surface area contributed by atoms with Crippen molar-refractivity contribution in [3.8, 4) is 0 Å². The number of benzene rings is 2. The van der Waals surface area contributed by atoms with E-state index < -0.39 is 35.8 Å². The zero-order chi connectivity index (χ0) is 27.2. The molecule has 3 atom stereocenters. The highest BCUT2D eigenvalue weighted by atomic mass is 19.1. The standard InChI is InChI=1S/C27H29F2N3O6/c1-16-9-10-37-22(31-16)14-32-13-20(26(34)30-12-18-7-8-19(28)11-21(18)29)24(33)25(23(32)27(35)36)38-15-17-5-3-2-4-6-17/h2-8,11,13,16,22,24,31,33H,9-10,12,14-15H2,1H3,(H,30,34)(H,35,36)/t16-,22-,24?/m0/s1. The minimum Gasteiger partial charge on any atom is -0.488 e. The second-order valence-corrected chi connectivity index (χ2v) is 9.07. The normalized spacial score (nSPS) is 21.6. The highest BCUT2D eigenvalue weighted by molar-refractivity contribution is 5.97. The van der Waals surface area contributed by atoms with Gasteiger partial charge in [-0.3, -0.25) is 10.1 Å². The quantitative estimate of drug-likeness (QED) is 0.391. The molecule has 9 nitrogen and oxygen atoms in total. The number of amides is 1. The number of rotatable bonds is 9. The molecule has 0 aromatic heterocycles. The Labute approximate surface area is 218 Å². The number of aliphatic hydroxyl groups excluding tert-OH is 1. The van der Waals surface area contributed by atoms with E-state index >= 15 is 0 Å². The lowest BCUT2D eigenvalue weighted by atomic mass is 10.0. The van der Waals surface area contributed by atoms with Gasteiger partial charge in [-0.2, -0.15) is 0 Å². The van der Waals surface area contributed by atoms with Crippen molar-refractivity contribution in [2.75, 3.05) is 13.2 Å². The molecule has 4 rings (SSSR count). The Bertz CT molecular complexity index is 1240. The number of nitrogens with one attached hydrogen (secondary N) is 2. The molecular formula is C27H29F2N3O6. The van der Waals surface area contributed by atoms with Gasteiger partial charge in [-0.25, -0.2) is 13.6 Å². The topological polar surface area (TPSA) is 120 Å². The van der Waals surface area contributed by atoms with Crippen molar-refractivity contribution >= 4 is 11.9 Å². The number of hydrogen-bond donors (Lipinski definition) is 4. The molecule has 1 unspecified atom stereocenters. The van der Waals surface area contributed by atoms with Gasteiger partial charge >= 0.3 is 5.97 Å². The number of nitrogens with zero attached hydrogens (tertiary/aromatic N) is 1. The number of aliphatic carboxylic acids is 1. The van der Waals surface area contributed by atoms with Gasteiger partial charge in [-0.05, 0) is 25.0 Å². The average molecular weight is 530 g/mol. The van der Waals surface area contributed by atoms with Crippen molar-refractivity contribution in [1.29, 1.82) is 0 Å². The van der Waals surface area contributed by atoms with Crippen LogP contribution in [0.25, 0.3) is 0 Å². The maximum absolute atomic E-state index is 14.1.